The summed E-state index contributed by atoms with van der Waals surface area (Å²) in [5.41, 5.74) is 0. The lowest BCUT2D eigenvalue weighted by Crippen LogP contribution is -2.30. The normalized spacial score (nSPS) is 10.5. The van der Waals surface area contributed by atoms with Crippen LogP contribution >= 0.6 is 23.2 Å². The van der Waals surface area contributed by atoms with E-state index in [1.54, 1.807) is 25.2 Å². The lowest BCUT2D eigenvalue weighted by Gasteiger charge is -2.17. The molecular weight excluding hydrogens is 313 g/mol. The summed E-state index contributed by atoms with van der Waals surface area (Å²) in [5, 5.41) is 0.749. The molecule has 112 valence electrons. The van der Waals surface area contributed by atoms with Gasteiger partial charge in [-0.1, -0.05) is 29.3 Å². The molecule has 0 fully saturated rings. The third kappa shape index (κ3) is 4.16. The Morgan fingerprint density at radius 1 is 1.24 bits per heavy atom. The second-order valence-corrected chi connectivity index (χ2v) is 5.42. The summed E-state index contributed by atoms with van der Waals surface area (Å²) < 4.78 is 10.8. The Kier molecular flexibility index (Phi) is 5.15. The molecule has 0 saturated heterocycles. The number of likely N-dealkylation sites (N-methyl/N-ethyl adjacent to an activating group) is 1. The van der Waals surface area contributed by atoms with Gasteiger partial charge in [0.25, 0.3) is 5.91 Å². The van der Waals surface area contributed by atoms with Gasteiger partial charge in [-0.05, 0) is 31.2 Å². The van der Waals surface area contributed by atoms with E-state index in [0.29, 0.717) is 22.3 Å². The zero-order valence-corrected chi connectivity index (χ0v) is 13.2. The van der Waals surface area contributed by atoms with Crippen molar-refractivity contribution in [3.05, 3.63) is 51.9 Å². The number of ether oxygens (including phenoxy) is 1. The summed E-state index contributed by atoms with van der Waals surface area (Å²) in [6.45, 7) is 2.10. The lowest BCUT2D eigenvalue weighted by atomic mass is 10.3. The maximum Gasteiger partial charge on any atom is 0.260 e. The first-order valence-electron chi connectivity index (χ1n) is 6.33. The van der Waals surface area contributed by atoms with Crippen molar-refractivity contribution in [2.24, 2.45) is 0 Å². The fraction of sp³-hybridized carbons (Fsp3) is 0.267. The van der Waals surface area contributed by atoms with Gasteiger partial charge >= 0.3 is 0 Å². The van der Waals surface area contributed by atoms with Crippen molar-refractivity contribution >= 4 is 29.1 Å². The van der Waals surface area contributed by atoms with E-state index in [0.717, 1.165) is 11.5 Å². The van der Waals surface area contributed by atoms with E-state index in [9.17, 15) is 4.79 Å². The number of hydrogen-bond acceptors (Lipinski definition) is 3. The topological polar surface area (TPSA) is 42.7 Å². The molecule has 0 saturated carbocycles. The number of carbonyl (C=O) groups excluding carboxylic acids is 1. The second-order valence-electron chi connectivity index (χ2n) is 4.60. The van der Waals surface area contributed by atoms with Crippen LogP contribution in [0.5, 0.6) is 5.75 Å². The molecule has 2 rings (SSSR count). The Morgan fingerprint density at radius 2 is 1.90 bits per heavy atom. The average Bonchev–Trinajstić information content (AvgIpc) is 2.83. The number of carbonyl (C=O) groups is 1. The summed E-state index contributed by atoms with van der Waals surface area (Å²) in [7, 11) is 1.68. The number of furan rings is 1. The number of amides is 1. The molecule has 0 atom stereocenters. The first-order chi connectivity index (χ1) is 9.97. The van der Waals surface area contributed by atoms with Gasteiger partial charge in [0.1, 0.15) is 11.5 Å². The first-order valence-corrected chi connectivity index (χ1v) is 7.09. The van der Waals surface area contributed by atoms with E-state index >= 15 is 0 Å². The molecule has 0 unspecified atom stereocenters. The smallest absolute Gasteiger partial charge is 0.260 e. The number of rotatable bonds is 5. The van der Waals surface area contributed by atoms with Gasteiger partial charge in [0.15, 0.2) is 12.4 Å². The molecule has 0 aliphatic heterocycles. The van der Waals surface area contributed by atoms with Crippen LogP contribution in [0.2, 0.25) is 10.0 Å². The molecule has 4 nitrogen and oxygen atoms in total. The Hall–Kier alpha value is -1.65. The number of para-hydroxylation sites is 1. The van der Waals surface area contributed by atoms with Crippen LogP contribution in [0.25, 0.3) is 0 Å². The van der Waals surface area contributed by atoms with Gasteiger partial charge in [0.05, 0.1) is 16.6 Å². The van der Waals surface area contributed by atoms with Crippen LogP contribution in [0.3, 0.4) is 0 Å². The van der Waals surface area contributed by atoms with Crippen molar-refractivity contribution < 1.29 is 13.9 Å². The number of aryl methyl sites for hydroxylation is 1. The van der Waals surface area contributed by atoms with Gasteiger partial charge in [-0.15, -0.1) is 0 Å². The predicted octanol–water partition coefficient (Wildman–Crippen LogP) is 3.93. The van der Waals surface area contributed by atoms with Gasteiger partial charge < -0.3 is 14.1 Å². The molecule has 0 aliphatic carbocycles. The molecule has 21 heavy (non-hydrogen) atoms. The molecule has 0 radical (unpaired) electrons. The average molecular weight is 328 g/mol. The molecule has 1 heterocycles. The van der Waals surface area contributed by atoms with Crippen LogP contribution in [-0.2, 0) is 11.3 Å². The molecule has 1 aromatic heterocycles. The number of hydrogen-bond donors (Lipinski definition) is 0. The Labute approximate surface area is 133 Å². The lowest BCUT2D eigenvalue weighted by molar-refractivity contribution is -0.132. The van der Waals surface area contributed by atoms with Crippen LogP contribution in [0.4, 0.5) is 0 Å². The van der Waals surface area contributed by atoms with Gasteiger partial charge in [-0.25, -0.2) is 0 Å². The van der Waals surface area contributed by atoms with E-state index < -0.39 is 0 Å². The van der Waals surface area contributed by atoms with Gasteiger partial charge in [0, 0.05) is 7.05 Å². The molecule has 0 spiro atoms. The highest BCUT2D eigenvalue weighted by Gasteiger charge is 2.14. The van der Waals surface area contributed by atoms with Gasteiger partial charge in [-0.2, -0.15) is 0 Å². The van der Waals surface area contributed by atoms with E-state index in [-0.39, 0.29) is 12.5 Å². The van der Waals surface area contributed by atoms with Crippen molar-refractivity contribution in [2.45, 2.75) is 13.5 Å². The predicted molar refractivity (Wildman–Crippen MR) is 81.9 cm³/mol. The first kappa shape index (κ1) is 15.7. The van der Waals surface area contributed by atoms with E-state index in [2.05, 4.69) is 0 Å². The van der Waals surface area contributed by atoms with Crippen LogP contribution in [0.15, 0.2) is 34.7 Å². The molecule has 2 aromatic rings. The maximum absolute atomic E-state index is 12.0. The third-order valence-electron chi connectivity index (χ3n) is 2.87. The number of benzene rings is 1. The summed E-state index contributed by atoms with van der Waals surface area (Å²) >= 11 is 12.0. The van der Waals surface area contributed by atoms with Crippen LogP contribution in [-0.4, -0.2) is 24.5 Å². The number of halogens is 2. The van der Waals surface area contributed by atoms with Crippen LogP contribution < -0.4 is 4.74 Å². The van der Waals surface area contributed by atoms with E-state index in [1.807, 2.05) is 19.1 Å². The minimum absolute atomic E-state index is 0.139. The fourth-order valence-corrected chi connectivity index (χ4v) is 2.26. The minimum atomic E-state index is -0.194. The summed E-state index contributed by atoms with van der Waals surface area (Å²) in [6, 6.07) is 8.72. The van der Waals surface area contributed by atoms with Crippen molar-refractivity contribution in [3.63, 3.8) is 0 Å². The van der Waals surface area contributed by atoms with Gasteiger partial charge in [-0.3, -0.25) is 4.79 Å². The third-order valence-corrected chi connectivity index (χ3v) is 3.47. The zero-order chi connectivity index (χ0) is 15.4. The zero-order valence-electron chi connectivity index (χ0n) is 11.7. The maximum atomic E-state index is 12.0. The number of nitrogens with zero attached hydrogens (tertiary/aromatic N) is 1. The van der Waals surface area contributed by atoms with Gasteiger partial charge in [0.2, 0.25) is 0 Å². The SMILES string of the molecule is Cc1ccc(CN(C)C(=O)COc2c(Cl)cccc2Cl)o1. The molecule has 1 amide bonds. The molecule has 0 N–H and O–H groups in total. The summed E-state index contributed by atoms with van der Waals surface area (Å²) in [5.74, 6) is 1.65. The molecule has 0 aliphatic rings. The minimum Gasteiger partial charge on any atom is -0.481 e. The molecule has 6 heteroatoms. The fourth-order valence-electron chi connectivity index (χ4n) is 1.76. The highest BCUT2D eigenvalue weighted by Crippen LogP contribution is 2.32. The Morgan fingerprint density at radius 3 is 2.48 bits per heavy atom. The van der Waals surface area contributed by atoms with E-state index in [4.69, 9.17) is 32.4 Å². The van der Waals surface area contributed by atoms with E-state index in [1.165, 1.54) is 4.90 Å². The van der Waals surface area contributed by atoms with Crippen molar-refractivity contribution in [3.8, 4) is 5.75 Å². The molecular formula is C15H15Cl2NO3. The van der Waals surface area contributed by atoms with Crippen molar-refractivity contribution in [2.75, 3.05) is 13.7 Å². The highest BCUT2D eigenvalue weighted by molar-refractivity contribution is 6.37. The van der Waals surface area contributed by atoms with Crippen molar-refractivity contribution in [1.29, 1.82) is 0 Å². The monoisotopic (exact) mass is 327 g/mol. The van der Waals surface area contributed by atoms with Crippen LogP contribution in [0, 0.1) is 6.92 Å². The quantitative estimate of drug-likeness (QED) is 0.835. The Balaban J connectivity index is 1.92. The Bertz CT molecular complexity index is 619. The highest BCUT2D eigenvalue weighted by atomic mass is 35.5. The van der Waals surface area contributed by atoms with Crippen LogP contribution in [0.1, 0.15) is 11.5 Å². The summed E-state index contributed by atoms with van der Waals surface area (Å²) in [6.07, 6.45) is 0. The summed E-state index contributed by atoms with van der Waals surface area (Å²) in [4.78, 5) is 13.5. The molecule has 1 aromatic carbocycles. The second kappa shape index (κ2) is 6.87. The standard InChI is InChI=1S/C15H15Cl2NO3/c1-10-6-7-11(21-10)8-18(2)14(19)9-20-15-12(16)4-3-5-13(15)17/h3-7H,8-9H2,1-2H3. The van der Waals surface area contributed by atoms with Crippen molar-refractivity contribution in [1.82, 2.24) is 4.90 Å². The molecule has 0 bridgehead atoms. The largest absolute Gasteiger partial charge is 0.481 e.